The zero-order chi connectivity index (χ0) is 13.1. The minimum atomic E-state index is 0.0138. The van der Waals surface area contributed by atoms with Gasteiger partial charge in [-0.1, -0.05) is 11.6 Å². The largest absolute Gasteiger partial charge is 0.488 e. The number of rotatable bonds is 4. The fraction of sp³-hybridized carbons (Fsp3) is 0.286. The van der Waals surface area contributed by atoms with Gasteiger partial charge in [0.15, 0.2) is 5.78 Å². The molecule has 2 aromatic rings. The van der Waals surface area contributed by atoms with Crippen LogP contribution in [0.3, 0.4) is 0 Å². The normalized spacial score (nSPS) is 10.4. The fourth-order valence-electron chi connectivity index (χ4n) is 1.75. The van der Waals surface area contributed by atoms with E-state index in [4.69, 9.17) is 4.74 Å². The lowest BCUT2D eigenvalue weighted by molar-refractivity contribution is 0.101. The summed E-state index contributed by atoms with van der Waals surface area (Å²) in [6.07, 6.45) is 3.64. The quantitative estimate of drug-likeness (QED) is 0.776. The summed E-state index contributed by atoms with van der Waals surface area (Å²) >= 11 is 0. The van der Waals surface area contributed by atoms with Crippen LogP contribution in [0.4, 0.5) is 0 Å². The third-order valence-corrected chi connectivity index (χ3v) is 2.67. The third kappa shape index (κ3) is 2.77. The van der Waals surface area contributed by atoms with Crippen molar-refractivity contribution in [1.29, 1.82) is 0 Å². The molecule has 4 nitrogen and oxygen atoms in total. The standard InChI is InChI=1S/C14H16N2O2/c1-10-4-5-14(13(6-10)11(2)17)18-9-12-7-15-16(3)8-12/h4-8H,9H2,1-3H3. The first kappa shape index (κ1) is 12.4. The molecular weight excluding hydrogens is 228 g/mol. The van der Waals surface area contributed by atoms with Crippen LogP contribution in [0.15, 0.2) is 30.6 Å². The highest BCUT2D eigenvalue weighted by Crippen LogP contribution is 2.21. The van der Waals surface area contributed by atoms with Crippen molar-refractivity contribution in [3.05, 3.63) is 47.3 Å². The van der Waals surface area contributed by atoms with Crippen molar-refractivity contribution in [3.8, 4) is 5.75 Å². The molecule has 1 aromatic heterocycles. The van der Waals surface area contributed by atoms with Gasteiger partial charge in [-0.05, 0) is 26.0 Å². The van der Waals surface area contributed by atoms with Gasteiger partial charge in [0.05, 0.1) is 11.8 Å². The number of carbonyl (C=O) groups is 1. The van der Waals surface area contributed by atoms with E-state index in [0.717, 1.165) is 11.1 Å². The second-order valence-electron chi connectivity index (χ2n) is 4.37. The number of hydrogen-bond acceptors (Lipinski definition) is 3. The first-order chi connectivity index (χ1) is 8.56. The number of aromatic nitrogens is 2. The zero-order valence-electron chi connectivity index (χ0n) is 10.8. The van der Waals surface area contributed by atoms with Gasteiger partial charge in [0, 0.05) is 18.8 Å². The van der Waals surface area contributed by atoms with Crippen LogP contribution in [0.5, 0.6) is 5.75 Å². The molecule has 0 amide bonds. The Bertz CT molecular complexity index is 573. The molecule has 2 rings (SSSR count). The van der Waals surface area contributed by atoms with E-state index >= 15 is 0 Å². The monoisotopic (exact) mass is 244 g/mol. The first-order valence-corrected chi connectivity index (χ1v) is 5.78. The predicted octanol–water partition coefficient (Wildman–Crippen LogP) is 2.51. The Kier molecular flexibility index (Phi) is 3.46. The molecule has 0 fully saturated rings. The van der Waals surface area contributed by atoms with Crippen LogP contribution in [0.2, 0.25) is 0 Å². The van der Waals surface area contributed by atoms with E-state index in [0.29, 0.717) is 17.9 Å². The van der Waals surface area contributed by atoms with Gasteiger partial charge in [-0.25, -0.2) is 0 Å². The summed E-state index contributed by atoms with van der Waals surface area (Å²) in [5, 5.41) is 4.07. The number of benzene rings is 1. The number of Topliss-reactive ketones (excluding diaryl/α,β-unsaturated/α-hetero) is 1. The highest BCUT2D eigenvalue weighted by Gasteiger charge is 2.09. The van der Waals surface area contributed by atoms with Gasteiger partial charge in [0.25, 0.3) is 0 Å². The van der Waals surface area contributed by atoms with Crippen LogP contribution in [-0.4, -0.2) is 15.6 Å². The zero-order valence-corrected chi connectivity index (χ0v) is 10.8. The van der Waals surface area contributed by atoms with E-state index in [1.165, 1.54) is 0 Å². The van der Waals surface area contributed by atoms with E-state index in [-0.39, 0.29) is 5.78 Å². The van der Waals surface area contributed by atoms with Crippen molar-refractivity contribution in [2.24, 2.45) is 7.05 Å². The van der Waals surface area contributed by atoms with Crippen LogP contribution in [0, 0.1) is 6.92 Å². The molecule has 0 bridgehead atoms. The maximum Gasteiger partial charge on any atom is 0.163 e. The highest BCUT2D eigenvalue weighted by molar-refractivity contribution is 5.97. The molecular formula is C14H16N2O2. The number of ether oxygens (including phenoxy) is 1. The predicted molar refractivity (Wildman–Crippen MR) is 68.7 cm³/mol. The number of nitrogens with zero attached hydrogens (tertiary/aromatic N) is 2. The summed E-state index contributed by atoms with van der Waals surface area (Å²) in [4.78, 5) is 11.5. The molecule has 0 N–H and O–H groups in total. The number of aryl methyl sites for hydroxylation is 2. The second-order valence-corrected chi connectivity index (χ2v) is 4.37. The lowest BCUT2D eigenvalue weighted by Crippen LogP contribution is -2.01. The smallest absolute Gasteiger partial charge is 0.163 e. The molecule has 4 heteroatoms. The molecule has 0 saturated carbocycles. The third-order valence-electron chi connectivity index (χ3n) is 2.67. The van der Waals surface area contributed by atoms with Crippen molar-refractivity contribution in [2.75, 3.05) is 0 Å². The molecule has 94 valence electrons. The van der Waals surface area contributed by atoms with E-state index in [1.807, 2.05) is 38.4 Å². The Morgan fingerprint density at radius 1 is 1.44 bits per heavy atom. The summed E-state index contributed by atoms with van der Waals surface area (Å²) in [7, 11) is 1.86. The van der Waals surface area contributed by atoms with Gasteiger partial charge in [-0.3, -0.25) is 9.48 Å². The molecule has 1 heterocycles. The molecule has 0 spiro atoms. The van der Waals surface area contributed by atoms with Gasteiger partial charge in [-0.2, -0.15) is 5.10 Å². The van der Waals surface area contributed by atoms with Crippen LogP contribution < -0.4 is 4.74 Å². The average Bonchev–Trinajstić information content (AvgIpc) is 2.73. The number of hydrogen-bond donors (Lipinski definition) is 0. The first-order valence-electron chi connectivity index (χ1n) is 5.78. The molecule has 0 unspecified atom stereocenters. The van der Waals surface area contributed by atoms with Crippen LogP contribution >= 0.6 is 0 Å². The molecule has 18 heavy (non-hydrogen) atoms. The summed E-state index contributed by atoms with van der Waals surface area (Å²) in [6, 6.07) is 5.62. The lowest BCUT2D eigenvalue weighted by Gasteiger charge is -2.09. The SMILES string of the molecule is CC(=O)c1cc(C)ccc1OCc1cnn(C)c1. The maximum atomic E-state index is 11.5. The van der Waals surface area contributed by atoms with Crippen LogP contribution in [0.1, 0.15) is 28.4 Å². The highest BCUT2D eigenvalue weighted by atomic mass is 16.5. The number of ketones is 1. The molecule has 0 aliphatic carbocycles. The van der Waals surface area contributed by atoms with Crippen molar-refractivity contribution in [2.45, 2.75) is 20.5 Å². The Morgan fingerprint density at radius 2 is 2.22 bits per heavy atom. The lowest BCUT2D eigenvalue weighted by atomic mass is 10.1. The molecule has 0 saturated heterocycles. The van der Waals surface area contributed by atoms with Gasteiger partial charge >= 0.3 is 0 Å². The maximum absolute atomic E-state index is 11.5. The van der Waals surface area contributed by atoms with Gasteiger partial charge in [0.2, 0.25) is 0 Å². The van der Waals surface area contributed by atoms with Crippen molar-refractivity contribution in [1.82, 2.24) is 9.78 Å². The van der Waals surface area contributed by atoms with E-state index in [2.05, 4.69) is 5.10 Å². The summed E-state index contributed by atoms with van der Waals surface area (Å²) in [5.41, 5.74) is 2.65. The molecule has 0 atom stereocenters. The summed E-state index contributed by atoms with van der Waals surface area (Å²) in [5.74, 6) is 0.636. The Hall–Kier alpha value is -2.10. The van der Waals surface area contributed by atoms with E-state index < -0.39 is 0 Å². The minimum Gasteiger partial charge on any atom is -0.488 e. The molecule has 0 aliphatic heterocycles. The molecule has 1 aromatic carbocycles. The summed E-state index contributed by atoms with van der Waals surface area (Å²) in [6.45, 7) is 3.92. The number of carbonyl (C=O) groups excluding carboxylic acids is 1. The minimum absolute atomic E-state index is 0.0138. The van der Waals surface area contributed by atoms with Crippen LogP contribution in [-0.2, 0) is 13.7 Å². The Labute approximate surface area is 106 Å². The van der Waals surface area contributed by atoms with Gasteiger partial charge in [0.1, 0.15) is 12.4 Å². The average molecular weight is 244 g/mol. The van der Waals surface area contributed by atoms with Gasteiger partial charge in [-0.15, -0.1) is 0 Å². The van der Waals surface area contributed by atoms with Gasteiger partial charge < -0.3 is 4.74 Å². The fourth-order valence-corrected chi connectivity index (χ4v) is 1.75. The molecule has 0 aliphatic rings. The molecule has 0 radical (unpaired) electrons. The van der Waals surface area contributed by atoms with Crippen molar-refractivity contribution in [3.63, 3.8) is 0 Å². The second kappa shape index (κ2) is 5.04. The Balaban J connectivity index is 2.16. The van der Waals surface area contributed by atoms with E-state index in [9.17, 15) is 4.79 Å². The summed E-state index contributed by atoms with van der Waals surface area (Å²) < 4.78 is 7.40. The Morgan fingerprint density at radius 3 is 2.83 bits per heavy atom. The van der Waals surface area contributed by atoms with E-state index in [1.54, 1.807) is 17.8 Å². The van der Waals surface area contributed by atoms with Crippen molar-refractivity contribution >= 4 is 5.78 Å². The topological polar surface area (TPSA) is 44.1 Å². The van der Waals surface area contributed by atoms with Crippen LogP contribution in [0.25, 0.3) is 0 Å². The van der Waals surface area contributed by atoms with Crippen molar-refractivity contribution < 1.29 is 9.53 Å².